The van der Waals surface area contributed by atoms with Crippen LogP contribution in [0, 0.1) is 0 Å². The second-order valence-electron chi connectivity index (χ2n) is 2.46. The van der Waals surface area contributed by atoms with Crippen LogP contribution in [0.25, 0.3) is 0 Å². The Labute approximate surface area is 64.2 Å². The molecule has 1 nitrogen and oxygen atoms in total. The van der Waals surface area contributed by atoms with Crippen molar-refractivity contribution in [2.75, 3.05) is 0 Å². The van der Waals surface area contributed by atoms with Gasteiger partial charge < -0.3 is 5.11 Å². The Balaban J connectivity index is 2.91. The third kappa shape index (κ3) is 9.75. The van der Waals surface area contributed by atoms with Crippen LogP contribution in [-0.2, 0) is 0 Å². The Morgan fingerprint density at radius 1 is 0.909 bits per heavy atom. The van der Waals surface area contributed by atoms with Crippen molar-refractivity contribution in [3.05, 3.63) is 0 Å². The summed E-state index contributed by atoms with van der Waals surface area (Å²) in [5.41, 5.74) is 0. The molecule has 0 aromatic rings. The van der Waals surface area contributed by atoms with Crippen LogP contribution in [-0.4, -0.2) is 17.9 Å². The van der Waals surface area contributed by atoms with Crippen LogP contribution in [0.3, 0.4) is 0 Å². The highest BCUT2D eigenvalue weighted by molar-refractivity contribution is 4.46. The summed E-state index contributed by atoms with van der Waals surface area (Å²) < 4.78 is 34.7. The number of alkyl halides is 3. The van der Waals surface area contributed by atoms with E-state index in [-0.39, 0.29) is 12.8 Å². The minimum atomic E-state index is -2.26. The zero-order chi connectivity index (χ0) is 8.69. The molecule has 0 aromatic heterocycles. The Morgan fingerprint density at radius 2 is 1.45 bits per heavy atom. The first-order valence-electron chi connectivity index (χ1n) is 3.73. The van der Waals surface area contributed by atoms with Gasteiger partial charge in [0.15, 0.2) is 6.36 Å². The van der Waals surface area contributed by atoms with Crippen molar-refractivity contribution < 1.29 is 18.3 Å². The summed E-state index contributed by atoms with van der Waals surface area (Å²) in [6.45, 7) is 0. The third-order valence-corrected chi connectivity index (χ3v) is 1.36. The fraction of sp³-hybridized carbons (Fsp3) is 1.00. The van der Waals surface area contributed by atoms with E-state index in [0.717, 1.165) is 0 Å². The molecule has 4 heteroatoms. The molecule has 0 aliphatic rings. The molecule has 0 aliphatic carbocycles. The van der Waals surface area contributed by atoms with Gasteiger partial charge in [0.05, 0.1) is 0 Å². The van der Waals surface area contributed by atoms with Gasteiger partial charge >= 0.3 is 0 Å². The van der Waals surface area contributed by atoms with Crippen LogP contribution in [0.1, 0.15) is 32.1 Å². The normalized spacial score (nSPS) is 13.9. The molecule has 1 unspecified atom stereocenters. The average Bonchev–Trinajstić information content (AvgIpc) is 1.85. The summed E-state index contributed by atoms with van der Waals surface area (Å²) in [4.78, 5) is 0. The summed E-state index contributed by atoms with van der Waals surface area (Å²) in [6, 6.07) is 0. The summed E-state index contributed by atoms with van der Waals surface area (Å²) in [7, 11) is 0. The predicted octanol–water partition coefficient (Wildman–Crippen LogP) is 2.49. The van der Waals surface area contributed by atoms with E-state index in [0.29, 0.717) is 19.3 Å². The Morgan fingerprint density at radius 3 is 1.91 bits per heavy atom. The smallest absolute Gasteiger partial charge is 0.238 e. The van der Waals surface area contributed by atoms with Crippen LogP contribution in [0.5, 0.6) is 0 Å². The van der Waals surface area contributed by atoms with Crippen molar-refractivity contribution >= 4 is 0 Å². The zero-order valence-electron chi connectivity index (χ0n) is 6.27. The molecule has 1 N–H and O–H groups in total. The fourth-order valence-corrected chi connectivity index (χ4v) is 0.788. The van der Waals surface area contributed by atoms with Crippen LogP contribution >= 0.6 is 0 Å². The highest BCUT2D eigenvalue weighted by Gasteiger charge is 2.02. The molecule has 0 saturated heterocycles. The number of aliphatic hydroxyl groups is 1. The monoisotopic (exact) mass is 170 g/mol. The molecule has 0 spiro atoms. The van der Waals surface area contributed by atoms with Crippen molar-refractivity contribution in [2.24, 2.45) is 0 Å². The van der Waals surface area contributed by atoms with Crippen LogP contribution in [0.4, 0.5) is 13.2 Å². The maximum atomic E-state index is 11.7. The summed E-state index contributed by atoms with van der Waals surface area (Å²) >= 11 is 0. The first kappa shape index (κ1) is 10.8. The Bertz CT molecular complexity index is 75.8. The Kier molecular flexibility index (Phi) is 6.31. The van der Waals surface area contributed by atoms with Gasteiger partial charge in [0.2, 0.25) is 6.43 Å². The lowest BCUT2D eigenvalue weighted by molar-refractivity contribution is 0.0320. The molecular formula is C7H13F3O. The van der Waals surface area contributed by atoms with Crippen molar-refractivity contribution in [3.63, 3.8) is 0 Å². The molecule has 0 aliphatic heterocycles. The van der Waals surface area contributed by atoms with E-state index in [1.165, 1.54) is 0 Å². The molecular weight excluding hydrogens is 157 g/mol. The molecule has 0 rings (SSSR count). The van der Waals surface area contributed by atoms with E-state index >= 15 is 0 Å². The highest BCUT2D eigenvalue weighted by atomic mass is 19.3. The highest BCUT2D eigenvalue weighted by Crippen LogP contribution is 2.10. The van der Waals surface area contributed by atoms with Gasteiger partial charge in [-0.3, -0.25) is 0 Å². The summed E-state index contributed by atoms with van der Waals surface area (Å²) in [5.74, 6) is 0. The number of unbranched alkanes of at least 4 members (excludes halogenated alkanes) is 2. The van der Waals surface area contributed by atoms with Gasteiger partial charge in [0.25, 0.3) is 0 Å². The maximum absolute atomic E-state index is 11.7. The fourth-order valence-electron chi connectivity index (χ4n) is 0.788. The molecule has 0 amide bonds. The van der Waals surface area contributed by atoms with Crippen molar-refractivity contribution in [3.8, 4) is 0 Å². The second kappa shape index (κ2) is 6.46. The molecule has 0 aromatic carbocycles. The lowest BCUT2D eigenvalue weighted by atomic mass is 10.1. The SMILES string of the molecule is OC(F)CCCCCC(F)F. The van der Waals surface area contributed by atoms with Gasteiger partial charge in [-0.1, -0.05) is 6.42 Å². The molecule has 0 heterocycles. The summed E-state index contributed by atoms with van der Waals surface area (Å²) in [6.07, 6.45) is -2.67. The van der Waals surface area contributed by atoms with Gasteiger partial charge in [-0.05, 0) is 12.8 Å². The largest absolute Gasteiger partial charge is 0.364 e. The zero-order valence-corrected chi connectivity index (χ0v) is 6.27. The first-order valence-corrected chi connectivity index (χ1v) is 3.73. The van der Waals surface area contributed by atoms with E-state index in [1.54, 1.807) is 0 Å². The Hall–Kier alpha value is -0.250. The van der Waals surface area contributed by atoms with E-state index in [9.17, 15) is 13.2 Å². The van der Waals surface area contributed by atoms with Gasteiger partial charge in [-0.15, -0.1) is 0 Å². The number of halogens is 3. The molecule has 0 radical (unpaired) electrons. The number of hydrogen-bond donors (Lipinski definition) is 1. The van der Waals surface area contributed by atoms with Crippen LogP contribution in [0.2, 0.25) is 0 Å². The maximum Gasteiger partial charge on any atom is 0.238 e. The van der Waals surface area contributed by atoms with Gasteiger partial charge in [0.1, 0.15) is 0 Å². The quantitative estimate of drug-likeness (QED) is 0.607. The average molecular weight is 170 g/mol. The van der Waals surface area contributed by atoms with Crippen molar-refractivity contribution in [2.45, 2.75) is 44.9 Å². The summed E-state index contributed by atoms with van der Waals surface area (Å²) in [5, 5.41) is 8.15. The lowest BCUT2D eigenvalue weighted by Crippen LogP contribution is -1.97. The first-order chi connectivity index (χ1) is 5.13. The molecule has 68 valence electrons. The third-order valence-electron chi connectivity index (χ3n) is 1.36. The molecule has 11 heavy (non-hydrogen) atoms. The molecule has 0 bridgehead atoms. The predicted molar refractivity (Wildman–Crippen MR) is 36.2 cm³/mol. The topological polar surface area (TPSA) is 20.2 Å². The molecule has 0 fully saturated rings. The minimum absolute atomic E-state index is 0.0588. The molecule has 1 atom stereocenters. The van der Waals surface area contributed by atoms with E-state index in [2.05, 4.69) is 0 Å². The number of hydrogen-bond acceptors (Lipinski definition) is 1. The van der Waals surface area contributed by atoms with Crippen molar-refractivity contribution in [1.82, 2.24) is 0 Å². The number of aliphatic hydroxyl groups excluding tert-OH is 1. The van der Waals surface area contributed by atoms with E-state index in [1.807, 2.05) is 0 Å². The van der Waals surface area contributed by atoms with E-state index < -0.39 is 12.8 Å². The number of rotatable bonds is 6. The van der Waals surface area contributed by atoms with Crippen LogP contribution in [0.15, 0.2) is 0 Å². The lowest BCUT2D eigenvalue weighted by Gasteiger charge is -2.00. The van der Waals surface area contributed by atoms with Gasteiger partial charge in [-0.2, -0.15) is 0 Å². The van der Waals surface area contributed by atoms with Crippen molar-refractivity contribution in [1.29, 1.82) is 0 Å². The van der Waals surface area contributed by atoms with Crippen LogP contribution < -0.4 is 0 Å². The van der Waals surface area contributed by atoms with E-state index in [4.69, 9.17) is 5.11 Å². The van der Waals surface area contributed by atoms with Gasteiger partial charge in [-0.25, -0.2) is 13.2 Å². The molecule has 0 saturated carbocycles. The standard InChI is InChI=1S/C7H13F3O/c8-6(9)4-2-1-3-5-7(10)11/h6-7,11H,1-5H2. The van der Waals surface area contributed by atoms with Gasteiger partial charge in [0, 0.05) is 12.8 Å². The minimum Gasteiger partial charge on any atom is -0.364 e. The second-order valence-corrected chi connectivity index (χ2v) is 2.46.